The molecule has 0 aliphatic carbocycles. The molecule has 8 heteroatoms. The van der Waals surface area contributed by atoms with Crippen LogP contribution in [0.5, 0.6) is 0 Å². The van der Waals surface area contributed by atoms with E-state index in [1.54, 1.807) is 23.1 Å². The molecule has 5 nitrogen and oxygen atoms in total. The first-order valence-corrected chi connectivity index (χ1v) is 9.77. The van der Waals surface area contributed by atoms with E-state index in [1.807, 2.05) is 4.90 Å². The van der Waals surface area contributed by atoms with Gasteiger partial charge in [-0.1, -0.05) is 37.0 Å². The lowest BCUT2D eigenvalue weighted by atomic mass is 9.79. The van der Waals surface area contributed by atoms with Crippen molar-refractivity contribution in [3.8, 4) is 0 Å². The van der Waals surface area contributed by atoms with E-state index in [2.05, 4.69) is 13.8 Å². The van der Waals surface area contributed by atoms with Gasteiger partial charge in [-0.25, -0.2) is 0 Å². The first-order chi connectivity index (χ1) is 12.2. The molecule has 2 fully saturated rings. The van der Waals surface area contributed by atoms with Crippen molar-refractivity contribution in [1.29, 1.82) is 0 Å². The van der Waals surface area contributed by atoms with Gasteiger partial charge in [0, 0.05) is 30.7 Å². The van der Waals surface area contributed by atoms with Crippen LogP contribution in [0.1, 0.15) is 43.5 Å². The number of likely N-dealkylation sites (tertiary alicyclic amines) is 2. The van der Waals surface area contributed by atoms with Crippen molar-refractivity contribution in [2.75, 3.05) is 19.6 Å². The molecule has 2 aliphatic rings. The second kappa shape index (κ2) is 8.56. The van der Waals surface area contributed by atoms with E-state index in [0.717, 1.165) is 12.8 Å². The van der Waals surface area contributed by atoms with E-state index in [0.29, 0.717) is 41.7 Å². The number of amides is 2. The minimum Gasteiger partial charge on any atom is -0.340 e. The van der Waals surface area contributed by atoms with Gasteiger partial charge >= 0.3 is 0 Å². The normalized spacial score (nSPS) is 24.5. The number of hydrogen-bond donors (Lipinski definition) is 1. The maximum atomic E-state index is 13.1. The summed E-state index contributed by atoms with van der Waals surface area (Å²) in [6.07, 6.45) is 2.25. The van der Waals surface area contributed by atoms with E-state index in [-0.39, 0.29) is 35.7 Å². The highest BCUT2D eigenvalue weighted by atomic mass is 35.5. The topological polar surface area (TPSA) is 66.6 Å². The highest BCUT2D eigenvalue weighted by Crippen LogP contribution is 2.31. The molecule has 2 unspecified atom stereocenters. The Labute approximate surface area is 176 Å². The van der Waals surface area contributed by atoms with Gasteiger partial charge < -0.3 is 15.5 Å². The minimum atomic E-state index is -0.442. The van der Waals surface area contributed by atoms with Crippen LogP contribution in [0.25, 0.3) is 0 Å². The summed E-state index contributed by atoms with van der Waals surface area (Å²) in [5.41, 5.74) is 6.40. The Hall–Kier alpha value is -1.01. The fourth-order valence-electron chi connectivity index (χ4n) is 3.86. The lowest BCUT2D eigenvalue weighted by molar-refractivity contribution is -0.138. The van der Waals surface area contributed by atoms with Gasteiger partial charge in [-0.3, -0.25) is 9.59 Å². The zero-order chi connectivity index (χ0) is 19.1. The number of piperidine rings is 1. The minimum absolute atomic E-state index is 0. The lowest BCUT2D eigenvalue weighted by Crippen LogP contribution is -2.57. The summed E-state index contributed by atoms with van der Waals surface area (Å²) in [4.78, 5) is 29.6. The molecule has 0 aromatic heterocycles. The SMILES string of the molecule is CC1(C)CN(C(=O)C2CCCN2C(=O)c2cc(Cl)ccc2Cl)CCC1N.Cl. The first-order valence-electron chi connectivity index (χ1n) is 9.01. The second-order valence-corrected chi connectivity index (χ2v) is 8.77. The summed E-state index contributed by atoms with van der Waals surface area (Å²) in [5, 5.41) is 0.800. The summed E-state index contributed by atoms with van der Waals surface area (Å²) in [6, 6.07) is 4.46. The molecule has 0 spiro atoms. The van der Waals surface area contributed by atoms with Crippen molar-refractivity contribution in [1.82, 2.24) is 9.80 Å². The summed E-state index contributed by atoms with van der Waals surface area (Å²) < 4.78 is 0. The van der Waals surface area contributed by atoms with Crippen LogP contribution in [0.3, 0.4) is 0 Å². The Morgan fingerprint density at radius 2 is 1.89 bits per heavy atom. The fourth-order valence-corrected chi connectivity index (χ4v) is 4.23. The maximum Gasteiger partial charge on any atom is 0.256 e. The number of halogens is 3. The second-order valence-electron chi connectivity index (χ2n) is 7.92. The molecule has 0 bridgehead atoms. The predicted octanol–water partition coefficient (Wildman–Crippen LogP) is 3.61. The molecule has 2 N–H and O–H groups in total. The molecule has 2 aliphatic heterocycles. The van der Waals surface area contributed by atoms with Crippen LogP contribution >= 0.6 is 35.6 Å². The number of nitrogens with zero attached hydrogens (tertiary/aromatic N) is 2. The highest BCUT2D eigenvalue weighted by Gasteiger charge is 2.41. The summed E-state index contributed by atoms with van der Waals surface area (Å²) in [5.74, 6) is -0.227. The monoisotopic (exact) mass is 433 g/mol. The number of hydrogen-bond acceptors (Lipinski definition) is 3. The molecule has 150 valence electrons. The zero-order valence-electron chi connectivity index (χ0n) is 15.6. The number of carbonyl (C=O) groups is 2. The Balaban J connectivity index is 0.00000261. The molecular weight excluding hydrogens is 409 g/mol. The molecule has 3 rings (SSSR count). The van der Waals surface area contributed by atoms with Gasteiger partial charge in [0.1, 0.15) is 6.04 Å². The van der Waals surface area contributed by atoms with Crippen LogP contribution in [0.15, 0.2) is 18.2 Å². The molecule has 0 saturated carbocycles. The number of benzene rings is 1. The van der Waals surface area contributed by atoms with Crippen molar-refractivity contribution in [3.05, 3.63) is 33.8 Å². The predicted molar refractivity (Wildman–Crippen MR) is 111 cm³/mol. The lowest BCUT2D eigenvalue weighted by Gasteiger charge is -2.44. The van der Waals surface area contributed by atoms with Gasteiger partial charge in [-0.05, 0) is 42.9 Å². The van der Waals surface area contributed by atoms with Crippen LogP contribution in [0.4, 0.5) is 0 Å². The first kappa shape index (κ1) is 22.3. The fraction of sp³-hybridized carbons (Fsp3) is 0.579. The van der Waals surface area contributed by atoms with Crippen LogP contribution in [0, 0.1) is 5.41 Å². The van der Waals surface area contributed by atoms with Gasteiger partial charge in [0.2, 0.25) is 5.91 Å². The molecule has 2 saturated heterocycles. The van der Waals surface area contributed by atoms with Gasteiger partial charge in [0.05, 0.1) is 10.6 Å². The Morgan fingerprint density at radius 1 is 1.19 bits per heavy atom. The quantitative estimate of drug-likeness (QED) is 0.773. The third-order valence-electron chi connectivity index (χ3n) is 5.58. The van der Waals surface area contributed by atoms with Gasteiger partial charge in [0.15, 0.2) is 0 Å². The van der Waals surface area contributed by atoms with E-state index < -0.39 is 6.04 Å². The van der Waals surface area contributed by atoms with Crippen LogP contribution < -0.4 is 5.73 Å². The highest BCUT2D eigenvalue weighted by molar-refractivity contribution is 6.35. The van der Waals surface area contributed by atoms with Crippen LogP contribution in [-0.2, 0) is 4.79 Å². The average molecular weight is 435 g/mol. The van der Waals surface area contributed by atoms with Crippen molar-refractivity contribution in [2.45, 2.75) is 45.2 Å². The molecule has 1 aromatic rings. The van der Waals surface area contributed by atoms with Gasteiger partial charge in [-0.15, -0.1) is 12.4 Å². The number of rotatable bonds is 2. The third-order valence-corrected chi connectivity index (χ3v) is 6.15. The van der Waals surface area contributed by atoms with E-state index in [9.17, 15) is 9.59 Å². The van der Waals surface area contributed by atoms with Crippen LogP contribution in [-0.4, -0.2) is 53.3 Å². The maximum absolute atomic E-state index is 13.1. The Morgan fingerprint density at radius 3 is 2.56 bits per heavy atom. The summed E-state index contributed by atoms with van der Waals surface area (Å²) in [6.45, 7) is 5.97. The molecule has 1 aromatic carbocycles. The van der Waals surface area contributed by atoms with Gasteiger partial charge in [-0.2, -0.15) is 0 Å². The van der Waals surface area contributed by atoms with E-state index >= 15 is 0 Å². The average Bonchev–Trinajstić information content (AvgIpc) is 3.07. The molecule has 27 heavy (non-hydrogen) atoms. The largest absolute Gasteiger partial charge is 0.340 e. The van der Waals surface area contributed by atoms with E-state index in [1.165, 1.54) is 0 Å². The number of carbonyl (C=O) groups excluding carboxylic acids is 2. The van der Waals surface area contributed by atoms with Crippen molar-refractivity contribution >= 4 is 47.4 Å². The molecular formula is C19H26Cl3N3O2. The summed E-state index contributed by atoms with van der Waals surface area (Å²) >= 11 is 12.2. The van der Waals surface area contributed by atoms with Crippen LogP contribution in [0.2, 0.25) is 10.0 Å². The standard InChI is InChI=1S/C19H25Cl2N3O2.ClH/c1-19(2)11-23(9-7-16(19)22)18(26)15-4-3-8-24(15)17(25)13-10-12(20)5-6-14(13)21;/h5-6,10,15-16H,3-4,7-9,11,22H2,1-2H3;1H. The smallest absolute Gasteiger partial charge is 0.256 e. The summed E-state index contributed by atoms with van der Waals surface area (Å²) in [7, 11) is 0. The number of nitrogens with two attached hydrogens (primary N) is 1. The molecule has 2 amide bonds. The molecule has 2 atom stereocenters. The van der Waals surface area contributed by atoms with Crippen molar-refractivity contribution < 1.29 is 9.59 Å². The molecule has 2 heterocycles. The van der Waals surface area contributed by atoms with Crippen molar-refractivity contribution in [3.63, 3.8) is 0 Å². The van der Waals surface area contributed by atoms with E-state index in [4.69, 9.17) is 28.9 Å². The Bertz CT molecular complexity index is 726. The van der Waals surface area contributed by atoms with Crippen molar-refractivity contribution in [2.24, 2.45) is 11.1 Å². The van der Waals surface area contributed by atoms with Gasteiger partial charge in [0.25, 0.3) is 5.91 Å². The molecule has 0 radical (unpaired) electrons. The zero-order valence-corrected chi connectivity index (χ0v) is 17.9. The Kier molecular flexibility index (Phi) is 7.06. The third kappa shape index (κ3) is 4.53.